The van der Waals surface area contributed by atoms with Crippen LogP contribution in [-0.2, 0) is 6.42 Å². The van der Waals surface area contributed by atoms with Crippen LogP contribution in [0, 0.1) is 5.82 Å². The van der Waals surface area contributed by atoms with Crippen LogP contribution in [0.25, 0.3) is 0 Å². The number of nitrogens with zero attached hydrogens (tertiary/aromatic N) is 1. The summed E-state index contributed by atoms with van der Waals surface area (Å²) in [5.74, 6) is 0.620. The van der Waals surface area contributed by atoms with Gasteiger partial charge in [-0.2, -0.15) is 0 Å². The van der Waals surface area contributed by atoms with E-state index in [2.05, 4.69) is 9.97 Å². The first-order chi connectivity index (χ1) is 9.11. The number of nitrogens with one attached hydrogen (secondary N) is 1. The highest BCUT2D eigenvalue weighted by atomic mass is 35.5. The van der Waals surface area contributed by atoms with Crippen LogP contribution in [0.15, 0.2) is 29.1 Å². The fraction of sp³-hybridized carbons (Fsp3) is 0.286. The van der Waals surface area contributed by atoms with Gasteiger partial charge in [-0.15, -0.1) is 0 Å². The minimum Gasteiger partial charge on any atom is -0.310 e. The zero-order valence-electron chi connectivity index (χ0n) is 10.1. The molecule has 1 heterocycles. The summed E-state index contributed by atoms with van der Waals surface area (Å²) < 4.78 is 13.0. The van der Waals surface area contributed by atoms with Gasteiger partial charge >= 0.3 is 0 Å². The predicted molar refractivity (Wildman–Crippen MR) is 71.0 cm³/mol. The van der Waals surface area contributed by atoms with E-state index in [4.69, 9.17) is 11.6 Å². The third-order valence-corrected chi connectivity index (χ3v) is 3.53. The smallest absolute Gasteiger partial charge is 0.251 e. The molecule has 3 rings (SSSR count). The van der Waals surface area contributed by atoms with Crippen LogP contribution < -0.4 is 5.56 Å². The second-order valence-corrected chi connectivity index (χ2v) is 5.21. The highest BCUT2D eigenvalue weighted by Gasteiger charge is 2.25. The Morgan fingerprint density at radius 1 is 1.37 bits per heavy atom. The summed E-state index contributed by atoms with van der Waals surface area (Å²) in [5.41, 5.74) is 1.45. The third kappa shape index (κ3) is 2.84. The molecule has 0 radical (unpaired) electrons. The van der Waals surface area contributed by atoms with Gasteiger partial charge in [0, 0.05) is 23.4 Å². The molecule has 2 aromatic rings. The van der Waals surface area contributed by atoms with Crippen LogP contribution in [0.4, 0.5) is 4.39 Å². The number of H-pyrrole nitrogens is 1. The summed E-state index contributed by atoms with van der Waals surface area (Å²) >= 11 is 5.97. The fourth-order valence-corrected chi connectivity index (χ4v) is 2.28. The molecule has 0 unspecified atom stereocenters. The number of aromatic amines is 1. The van der Waals surface area contributed by atoms with Crippen LogP contribution in [-0.4, -0.2) is 9.97 Å². The fourth-order valence-electron chi connectivity index (χ4n) is 2.05. The van der Waals surface area contributed by atoms with Crippen molar-refractivity contribution in [3.8, 4) is 0 Å². The van der Waals surface area contributed by atoms with Crippen LogP contribution in [0.5, 0.6) is 0 Å². The molecule has 19 heavy (non-hydrogen) atoms. The summed E-state index contributed by atoms with van der Waals surface area (Å²) in [4.78, 5) is 18.7. The van der Waals surface area contributed by atoms with Gasteiger partial charge in [-0.05, 0) is 30.5 Å². The monoisotopic (exact) mass is 278 g/mol. The van der Waals surface area contributed by atoms with E-state index < -0.39 is 0 Å². The largest absolute Gasteiger partial charge is 0.310 e. The Morgan fingerprint density at radius 2 is 2.16 bits per heavy atom. The molecule has 1 fully saturated rings. The number of benzene rings is 1. The molecule has 3 nitrogen and oxygen atoms in total. The molecule has 0 aliphatic heterocycles. The topological polar surface area (TPSA) is 45.8 Å². The Balaban J connectivity index is 1.92. The second kappa shape index (κ2) is 4.78. The first-order valence-corrected chi connectivity index (χ1v) is 6.53. The highest BCUT2D eigenvalue weighted by molar-refractivity contribution is 6.31. The maximum absolute atomic E-state index is 13.0. The highest BCUT2D eigenvalue weighted by Crippen LogP contribution is 2.38. The van der Waals surface area contributed by atoms with E-state index in [1.54, 1.807) is 12.1 Å². The number of aromatic nitrogens is 2. The average molecular weight is 279 g/mol. The zero-order chi connectivity index (χ0) is 13.4. The van der Waals surface area contributed by atoms with E-state index in [1.165, 1.54) is 12.1 Å². The van der Waals surface area contributed by atoms with E-state index in [0.29, 0.717) is 23.2 Å². The van der Waals surface area contributed by atoms with Crippen molar-refractivity contribution in [3.63, 3.8) is 0 Å². The van der Waals surface area contributed by atoms with Crippen LogP contribution in [0.1, 0.15) is 35.8 Å². The third-order valence-electron chi connectivity index (χ3n) is 3.18. The molecule has 1 aromatic carbocycles. The van der Waals surface area contributed by atoms with E-state index in [0.717, 1.165) is 24.1 Å². The summed E-state index contributed by atoms with van der Waals surface area (Å²) in [6.45, 7) is 0. The van der Waals surface area contributed by atoms with E-state index >= 15 is 0 Å². The molecule has 0 saturated heterocycles. The minimum absolute atomic E-state index is 0.148. The Morgan fingerprint density at radius 3 is 2.84 bits per heavy atom. The lowest BCUT2D eigenvalue weighted by Crippen LogP contribution is -2.13. The SMILES string of the molecule is O=c1cc(C2CC2)nc(Cc2ccc(F)cc2Cl)[nH]1. The van der Waals surface area contributed by atoms with Gasteiger partial charge < -0.3 is 4.98 Å². The van der Waals surface area contributed by atoms with Gasteiger partial charge in [0.25, 0.3) is 5.56 Å². The summed E-state index contributed by atoms with van der Waals surface area (Å²) in [7, 11) is 0. The van der Waals surface area contributed by atoms with Crippen molar-refractivity contribution in [3.05, 3.63) is 62.5 Å². The molecule has 5 heteroatoms. The lowest BCUT2D eigenvalue weighted by Gasteiger charge is -2.05. The summed E-state index contributed by atoms with van der Waals surface area (Å²) in [6, 6.07) is 5.78. The van der Waals surface area contributed by atoms with E-state index in [9.17, 15) is 9.18 Å². The van der Waals surface area contributed by atoms with Gasteiger partial charge in [0.1, 0.15) is 11.6 Å². The minimum atomic E-state index is -0.373. The number of rotatable bonds is 3. The van der Waals surface area contributed by atoms with Crippen molar-refractivity contribution >= 4 is 11.6 Å². The Hall–Kier alpha value is -1.68. The summed E-state index contributed by atoms with van der Waals surface area (Å²) in [5, 5.41) is 0.347. The van der Waals surface area contributed by atoms with Crippen molar-refractivity contribution in [2.24, 2.45) is 0 Å². The molecule has 1 aromatic heterocycles. The predicted octanol–water partition coefficient (Wildman–Crippen LogP) is 3.03. The van der Waals surface area contributed by atoms with Gasteiger partial charge in [0.15, 0.2) is 0 Å². The van der Waals surface area contributed by atoms with Gasteiger partial charge in [-0.1, -0.05) is 17.7 Å². The van der Waals surface area contributed by atoms with Crippen LogP contribution in [0.3, 0.4) is 0 Å². The van der Waals surface area contributed by atoms with Crippen molar-refractivity contribution in [2.75, 3.05) is 0 Å². The zero-order valence-corrected chi connectivity index (χ0v) is 10.9. The van der Waals surface area contributed by atoms with E-state index in [1.807, 2.05) is 0 Å². The Kier molecular flexibility index (Phi) is 3.11. The molecule has 0 spiro atoms. The maximum Gasteiger partial charge on any atom is 0.251 e. The molecular weight excluding hydrogens is 267 g/mol. The quantitative estimate of drug-likeness (QED) is 0.938. The Labute approximate surface area is 114 Å². The van der Waals surface area contributed by atoms with Gasteiger partial charge in [-0.3, -0.25) is 4.79 Å². The molecule has 1 aliphatic rings. The normalized spacial score (nSPS) is 14.6. The van der Waals surface area contributed by atoms with Crippen molar-refractivity contribution in [1.29, 1.82) is 0 Å². The number of halogens is 2. The number of hydrogen-bond acceptors (Lipinski definition) is 2. The molecule has 1 aliphatic carbocycles. The molecular formula is C14H12ClFN2O. The molecule has 1 saturated carbocycles. The van der Waals surface area contributed by atoms with Gasteiger partial charge in [0.2, 0.25) is 0 Å². The van der Waals surface area contributed by atoms with Crippen LogP contribution in [0.2, 0.25) is 5.02 Å². The average Bonchev–Trinajstić information content (AvgIpc) is 3.16. The lowest BCUT2D eigenvalue weighted by molar-refractivity contribution is 0.627. The van der Waals surface area contributed by atoms with Crippen molar-refractivity contribution in [1.82, 2.24) is 9.97 Å². The molecule has 0 atom stereocenters. The molecule has 1 N–H and O–H groups in total. The standard InChI is InChI=1S/C14H12ClFN2O/c15-11-6-10(16)4-3-9(11)5-13-17-12(8-1-2-8)7-14(19)18-13/h3-4,6-8H,1-2,5H2,(H,17,18,19). The first kappa shape index (κ1) is 12.4. The van der Waals surface area contributed by atoms with Crippen molar-refractivity contribution < 1.29 is 4.39 Å². The van der Waals surface area contributed by atoms with E-state index in [-0.39, 0.29) is 11.4 Å². The van der Waals surface area contributed by atoms with Gasteiger partial charge in [0.05, 0.1) is 5.69 Å². The maximum atomic E-state index is 13.0. The molecule has 0 amide bonds. The van der Waals surface area contributed by atoms with Gasteiger partial charge in [-0.25, -0.2) is 9.37 Å². The van der Waals surface area contributed by atoms with Crippen molar-refractivity contribution in [2.45, 2.75) is 25.2 Å². The Bertz CT molecular complexity index is 679. The van der Waals surface area contributed by atoms with Crippen LogP contribution >= 0.6 is 11.6 Å². The second-order valence-electron chi connectivity index (χ2n) is 4.80. The molecule has 98 valence electrons. The molecule has 0 bridgehead atoms. The summed E-state index contributed by atoms with van der Waals surface area (Å²) in [6.07, 6.45) is 2.58. The first-order valence-electron chi connectivity index (χ1n) is 6.16. The lowest BCUT2D eigenvalue weighted by atomic mass is 10.1. The number of hydrogen-bond donors (Lipinski definition) is 1.